The molecule has 0 fully saturated rings. The number of nitrogens with zero attached hydrogens (tertiary/aromatic N) is 2. The molecule has 5 nitrogen and oxygen atoms in total. The molecule has 0 aliphatic carbocycles. The van der Waals surface area contributed by atoms with Gasteiger partial charge in [-0.3, -0.25) is 14.2 Å². The summed E-state index contributed by atoms with van der Waals surface area (Å²) in [5.41, 5.74) is 0.930. The number of benzene rings is 1. The van der Waals surface area contributed by atoms with Crippen LogP contribution in [0.4, 0.5) is 0 Å². The van der Waals surface area contributed by atoms with Crippen molar-refractivity contribution in [1.82, 2.24) is 14.9 Å². The summed E-state index contributed by atoms with van der Waals surface area (Å²) in [6, 6.07) is 4.92. The second-order valence-electron chi connectivity index (χ2n) is 3.83. The number of carbonyl (C=O) groups is 1. The lowest BCUT2D eigenvalue weighted by Crippen LogP contribution is -2.22. The minimum Gasteiger partial charge on any atom is -0.355 e. The van der Waals surface area contributed by atoms with Crippen molar-refractivity contribution in [2.24, 2.45) is 7.05 Å². The first-order valence-electron chi connectivity index (χ1n) is 5.24. The average Bonchev–Trinajstić information content (AvgIpc) is 2.35. The van der Waals surface area contributed by atoms with Gasteiger partial charge in [0.15, 0.2) is 0 Å². The van der Waals surface area contributed by atoms with E-state index in [-0.39, 0.29) is 11.5 Å². The Balaban J connectivity index is 2.78. The van der Waals surface area contributed by atoms with Gasteiger partial charge in [-0.15, -0.1) is 0 Å². The van der Waals surface area contributed by atoms with Crippen LogP contribution in [-0.4, -0.2) is 22.5 Å². The molecular weight excluding hydrogens is 218 g/mol. The SMILES string of the molecule is CNC(=O)c1ccc2nc(C)n(C)c(=O)c2c1. The van der Waals surface area contributed by atoms with Crippen LogP contribution in [0, 0.1) is 6.92 Å². The Kier molecular flexibility index (Phi) is 2.67. The zero-order valence-corrected chi connectivity index (χ0v) is 9.94. The predicted molar refractivity (Wildman–Crippen MR) is 65.1 cm³/mol. The molecule has 2 rings (SSSR count). The highest BCUT2D eigenvalue weighted by Gasteiger charge is 2.09. The minimum absolute atomic E-state index is 0.141. The highest BCUT2D eigenvalue weighted by atomic mass is 16.1. The Bertz CT molecular complexity index is 659. The third kappa shape index (κ3) is 1.80. The van der Waals surface area contributed by atoms with E-state index in [0.717, 1.165) is 0 Å². The van der Waals surface area contributed by atoms with Crippen molar-refractivity contribution in [1.29, 1.82) is 0 Å². The summed E-state index contributed by atoms with van der Waals surface area (Å²) in [4.78, 5) is 27.8. The van der Waals surface area contributed by atoms with Crippen molar-refractivity contribution in [3.05, 3.63) is 39.9 Å². The van der Waals surface area contributed by atoms with Crippen LogP contribution in [0.15, 0.2) is 23.0 Å². The number of rotatable bonds is 1. The molecule has 2 aromatic rings. The normalized spacial score (nSPS) is 10.5. The Morgan fingerprint density at radius 1 is 1.41 bits per heavy atom. The Hall–Kier alpha value is -2.17. The van der Waals surface area contributed by atoms with Crippen LogP contribution in [0.2, 0.25) is 0 Å². The Labute approximate surface area is 98.1 Å². The molecule has 0 bridgehead atoms. The molecule has 1 aromatic carbocycles. The summed E-state index contributed by atoms with van der Waals surface area (Å²) in [7, 11) is 3.22. The number of aromatic nitrogens is 2. The predicted octanol–water partition coefficient (Wildman–Crippen LogP) is 0.602. The van der Waals surface area contributed by atoms with Gasteiger partial charge in [0.25, 0.3) is 11.5 Å². The summed E-state index contributed by atoms with van der Waals surface area (Å²) >= 11 is 0. The minimum atomic E-state index is -0.213. The number of hydrogen-bond donors (Lipinski definition) is 1. The van der Waals surface area contributed by atoms with Gasteiger partial charge in [0.05, 0.1) is 10.9 Å². The van der Waals surface area contributed by atoms with Gasteiger partial charge in [-0.05, 0) is 25.1 Å². The molecule has 0 radical (unpaired) electrons. The molecule has 0 aliphatic rings. The van der Waals surface area contributed by atoms with Crippen molar-refractivity contribution in [3.63, 3.8) is 0 Å². The van der Waals surface area contributed by atoms with Crippen molar-refractivity contribution in [3.8, 4) is 0 Å². The summed E-state index contributed by atoms with van der Waals surface area (Å²) in [5, 5.41) is 2.98. The van der Waals surface area contributed by atoms with E-state index in [2.05, 4.69) is 10.3 Å². The first-order chi connectivity index (χ1) is 8.04. The van der Waals surface area contributed by atoms with E-state index in [1.54, 1.807) is 39.2 Å². The van der Waals surface area contributed by atoms with Crippen LogP contribution < -0.4 is 10.9 Å². The van der Waals surface area contributed by atoms with Gasteiger partial charge < -0.3 is 5.32 Å². The quantitative estimate of drug-likeness (QED) is 0.781. The van der Waals surface area contributed by atoms with Crippen LogP contribution in [0.1, 0.15) is 16.2 Å². The monoisotopic (exact) mass is 231 g/mol. The van der Waals surface area contributed by atoms with Crippen LogP contribution in [0.3, 0.4) is 0 Å². The van der Waals surface area contributed by atoms with Gasteiger partial charge in [0.2, 0.25) is 0 Å². The fourth-order valence-corrected chi connectivity index (χ4v) is 1.67. The van der Waals surface area contributed by atoms with E-state index in [0.29, 0.717) is 22.3 Å². The lowest BCUT2D eigenvalue weighted by atomic mass is 10.1. The van der Waals surface area contributed by atoms with E-state index in [9.17, 15) is 9.59 Å². The maximum Gasteiger partial charge on any atom is 0.261 e. The second kappa shape index (κ2) is 4.01. The number of carbonyl (C=O) groups excluding carboxylic acids is 1. The third-order valence-corrected chi connectivity index (χ3v) is 2.79. The fraction of sp³-hybridized carbons (Fsp3) is 0.250. The van der Waals surface area contributed by atoms with E-state index >= 15 is 0 Å². The van der Waals surface area contributed by atoms with Crippen LogP contribution in [-0.2, 0) is 7.05 Å². The third-order valence-electron chi connectivity index (χ3n) is 2.79. The topological polar surface area (TPSA) is 64.0 Å². The summed E-state index contributed by atoms with van der Waals surface area (Å²) in [5.74, 6) is 0.435. The average molecular weight is 231 g/mol. The molecule has 1 N–H and O–H groups in total. The number of nitrogens with one attached hydrogen (secondary N) is 1. The highest BCUT2D eigenvalue weighted by molar-refractivity contribution is 5.97. The number of aryl methyl sites for hydroxylation is 1. The van der Waals surface area contributed by atoms with Gasteiger partial charge in [-0.25, -0.2) is 4.98 Å². The van der Waals surface area contributed by atoms with Crippen LogP contribution >= 0.6 is 0 Å². The molecule has 0 unspecified atom stereocenters. The fourth-order valence-electron chi connectivity index (χ4n) is 1.67. The van der Waals surface area contributed by atoms with Gasteiger partial charge >= 0.3 is 0 Å². The maximum absolute atomic E-state index is 12.0. The summed E-state index contributed by atoms with van der Waals surface area (Å²) < 4.78 is 1.47. The standard InChI is InChI=1S/C12H13N3O2/c1-7-14-10-5-4-8(11(16)13-2)6-9(10)12(17)15(7)3/h4-6H,1-3H3,(H,13,16). The van der Waals surface area contributed by atoms with Crippen molar-refractivity contribution >= 4 is 16.8 Å². The molecular formula is C12H13N3O2. The molecule has 0 atom stereocenters. The summed E-state index contributed by atoms with van der Waals surface area (Å²) in [6.45, 7) is 1.77. The Morgan fingerprint density at radius 3 is 2.76 bits per heavy atom. The molecule has 0 saturated heterocycles. The zero-order chi connectivity index (χ0) is 12.6. The number of amides is 1. The van der Waals surface area contributed by atoms with E-state index in [1.165, 1.54) is 4.57 Å². The van der Waals surface area contributed by atoms with Gasteiger partial charge in [-0.1, -0.05) is 0 Å². The van der Waals surface area contributed by atoms with Gasteiger partial charge in [0.1, 0.15) is 5.82 Å². The zero-order valence-electron chi connectivity index (χ0n) is 9.94. The first-order valence-corrected chi connectivity index (χ1v) is 5.24. The van der Waals surface area contributed by atoms with Crippen molar-refractivity contribution in [2.45, 2.75) is 6.92 Å². The van der Waals surface area contributed by atoms with E-state index in [4.69, 9.17) is 0 Å². The van der Waals surface area contributed by atoms with Crippen LogP contribution in [0.25, 0.3) is 10.9 Å². The lowest BCUT2D eigenvalue weighted by molar-refractivity contribution is 0.0963. The Morgan fingerprint density at radius 2 is 2.12 bits per heavy atom. The second-order valence-corrected chi connectivity index (χ2v) is 3.83. The molecule has 1 amide bonds. The molecule has 0 spiro atoms. The molecule has 1 aromatic heterocycles. The van der Waals surface area contributed by atoms with Gasteiger partial charge in [-0.2, -0.15) is 0 Å². The smallest absolute Gasteiger partial charge is 0.261 e. The highest BCUT2D eigenvalue weighted by Crippen LogP contribution is 2.10. The lowest BCUT2D eigenvalue weighted by Gasteiger charge is -2.06. The van der Waals surface area contributed by atoms with Crippen LogP contribution in [0.5, 0.6) is 0 Å². The first kappa shape index (κ1) is 11.3. The molecule has 5 heteroatoms. The molecule has 0 aliphatic heterocycles. The van der Waals surface area contributed by atoms with Crippen molar-refractivity contribution in [2.75, 3.05) is 7.05 Å². The van der Waals surface area contributed by atoms with E-state index < -0.39 is 0 Å². The van der Waals surface area contributed by atoms with Gasteiger partial charge in [0, 0.05) is 19.7 Å². The molecule has 88 valence electrons. The largest absolute Gasteiger partial charge is 0.355 e. The van der Waals surface area contributed by atoms with E-state index in [1.807, 2.05) is 0 Å². The van der Waals surface area contributed by atoms with Crippen molar-refractivity contribution < 1.29 is 4.79 Å². The summed E-state index contributed by atoms with van der Waals surface area (Å²) in [6.07, 6.45) is 0. The molecule has 1 heterocycles. The number of fused-ring (bicyclic) bond motifs is 1. The molecule has 17 heavy (non-hydrogen) atoms. The number of hydrogen-bond acceptors (Lipinski definition) is 3. The molecule has 0 saturated carbocycles. The maximum atomic E-state index is 12.0.